The van der Waals surface area contributed by atoms with Crippen LogP contribution in [0.3, 0.4) is 0 Å². The number of rotatable bonds is 5. The summed E-state index contributed by atoms with van der Waals surface area (Å²) in [6, 6.07) is 18.1. The predicted octanol–water partition coefficient (Wildman–Crippen LogP) is 6.48. The van der Waals surface area contributed by atoms with Gasteiger partial charge >= 0.3 is 208 Å². The Morgan fingerprint density at radius 3 is 2.58 bits per heavy atom. The van der Waals surface area contributed by atoms with Gasteiger partial charge in [-0.05, 0) is 0 Å². The molecule has 0 bridgehead atoms. The summed E-state index contributed by atoms with van der Waals surface area (Å²) in [5.74, 6) is 0. The van der Waals surface area contributed by atoms with Crippen LogP contribution in [0.1, 0.15) is 43.3 Å². The van der Waals surface area contributed by atoms with E-state index in [1.165, 1.54) is 57.4 Å². The van der Waals surface area contributed by atoms with Gasteiger partial charge in [0.05, 0.1) is 0 Å². The van der Waals surface area contributed by atoms with Crippen LogP contribution in [-0.4, -0.2) is 21.5 Å². The second kappa shape index (κ2) is 9.10. The summed E-state index contributed by atoms with van der Waals surface area (Å²) in [5.41, 5.74) is 6.98. The van der Waals surface area contributed by atoms with Gasteiger partial charge in [-0.15, -0.1) is 0 Å². The van der Waals surface area contributed by atoms with Crippen molar-refractivity contribution < 1.29 is 4.57 Å². The zero-order valence-corrected chi connectivity index (χ0v) is 22.6. The molecule has 0 radical (unpaired) electrons. The number of hydrogen-bond acceptors (Lipinski definition) is 2. The normalized spacial score (nSPS) is 15.2. The zero-order valence-electron chi connectivity index (χ0n) is 20.1. The van der Waals surface area contributed by atoms with Gasteiger partial charge in [-0.3, -0.25) is 0 Å². The van der Waals surface area contributed by atoms with E-state index < -0.39 is 0 Å². The van der Waals surface area contributed by atoms with Crippen molar-refractivity contribution in [1.29, 1.82) is 0 Å². The number of hydrogen-bond donors (Lipinski definition) is 0. The van der Waals surface area contributed by atoms with Gasteiger partial charge in [-0.2, -0.15) is 0 Å². The van der Waals surface area contributed by atoms with E-state index in [0.29, 0.717) is 15.0 Å². The molecule has 2 heterocycles. The fourth-order valence-corrected chi connectivity index (χ4v) is 8.56. The summed E-state index contributed by atoms with van der Waals surface area (Å²) in [5, 5.41) is 4.01. The number of aryl methyl sites for hydroxylation is 3. The fraction of sp³-hybridized carbons (Fsp3) is 0.276. The Hall–Kier alpha value is -2.39. The molecule has 3 aromatic carbocycles. The van der Waals surface area contributed by atoms with Gasteiger partial charge in [0.25, 0.3) is 0 Å². The summed E-state index contributed by atoms with van der Waals surface area (Å²) in [6.45, 7) is 13.3. The van der Waals surface area contributed by atoms with E-state index >= 15 is 0 Å². The first-order valence-corrected chi connectivity index (χ1v) is 14.4. The van der Waals surface area contributed by atoms with Crippen molar-refractivity contribution in [3.8, 4) is 0 Å². The molecule has 4 heteroatoms. The summed E-state index contributed by atoms with van der Waals surface area (Å²) in [4.78, 5) is 2.53. The van der Waals surface area contributed by atoms with Gasteiger partial charge in [0.1, 0.15) is 0 Å². The molecule has 1 aliphatic heterocycles. The van der Waals surface area contributed by atoms with Gasteiger partial charge in [-0.1, -0.05) is 0 Å². The fourth-order valence-electron chi connectivity index (χ4n) is 4.65. The number of nitrogens with zero attached hydrogens (tertiary/aromatic N) is 2. The molecular formula is C29H31N2SSe+. The van der Waals surface area contributed by atoms with Gasteiger partial charge in [-0.25, -0.2) is 0 Å². The van der Waals surface area contributed by atoms with Gasteiger partial charge in [0.2, 0.25) is 0 Å². The average molecular weight is 519 g/mol. The van der Waals surface area contributed by atoms with Crippen LogP contribution in [0.4, 0.5) is 5.69 Å². The molecule has 5 rings (SSSR count). The molecule has 1 aliphatic rings. The van der Waals surface area contributed by atoms with Crippen LogP contribution < -0.4 is 13.9 Å². The van der Waals surface area contributed by atoms with Crippen molar-refractivity contribution in [3.05, 3.63) is 80.9 Å². The van der Waals surface area contributed by atoms with E-state index in [2.05, 4.69) is 105 Å². The van der Waals surface area contributed by atoms with Crippen LogP contribution in [0.25, 0.3) is 27.1 Å². The Morgan fingerprint density at radius 2 is 1.82 bits per heavy atom. The van der Waals surface area contributed by atoms with E-state index in [4.69, 9.17) is 0 Å². The maximum absolute atomic E-state index is 2.53. The monoisotopic (exact) mass is 519 g/mol. The summed E-state index contributed by atoms with van der Waals surface area (Å²) in [7, 11) is 0. The second-order valence-corrected chi connectivity index (χ2v) is 11.9. The molecular weight excluding hydrogens is 487 g/mol. The van der Waals surface area contributed by atoms with Gasteiger partial charge in [0.15, 0.2) is 0 Å². The number of benzene rings is 3. The third-order valence-corrected chi connectivity index (χ3v) is 10.0. The quantitative estimate of drug-likeness (QED) is 0.217. The first kappa shape index (κ1) is 22.4. The van der Waals surface area contributed by atoms with Crippen LogP contribution in [0.2, 0.25) is 0 Å². The van der Waals surface area contributed by atoms with Crippen LogP contribution in [0.15, 0.2) is 64.8 Å². The molecule has 0 atom stereocenters. The van der Waals surface area contributed by atoms with Gasteiger partial charge in [0, 0.05) is 0 Å². The summed E-state index contributed by atoms with van der Waals surface area (Å²) >= 11 is 2.27. The minimum absolute atomic E-state index is 0.356. The van der Waals surface area contributed by atoms with Gasteiger partial charge < -0.3 is 0 Å². The molecule has 0 fully saturated rings. The minimum atomic E-state index is 0.356. The molecule has 0 aliphatic carbocycles. The topological polar surface area (TPSA) is 7.12 Å². The van der Waals surface area contributed by atoms with Crippen molar-refractivity contribution in [1.82, 2.24) is 0 Å². The molecule has 0 saturated carbocycles. The van der Waals surface area contributed by atoms with Crippen LogP contribution in [-0.2, 0) is 6.54 Å². The average Bonchev–Trinajstić information content (AvgIpc) is 3.35. The van der Waals surface area contributed by atoms with Crippen molar-refractivity contribution in [2.75, 3.05) is 11.4 Å². The molecule has 0 saturated heterocycles. The number of allylic oxidation sites excluding steroid dienone is 2. The van der Waals surface area contributed by atoms with E-state index in [9.17, 15) is 0 Å². The molecule has 2 nitrogen and oxygen atoms in total. The molecule has 0 amide bonds. The second-order valence-electron chi connectivity index (χ2n) is 8.62. The number of anilines is 1. The Bertz CT molecular complexity index is 1430. The number of thiazole rings is 1. The van der Waals surface area contributed by atoms with Crippen molar-refractivity contribution in [2.45, 2.75) is 47.6 Å². The van der Waals surface area contributed by atoms with Crippen LogP contribution in [0, 0.1) is 13.8 Å². The van der Waals surface area contributed by atoms with Crippen molar-refractivity contribution >= 4 is 63.5 Å². The molecule has 0 spiro atoms. The zero-order chi connectivity index (χ0) is 23.1. The first-order chi connectivity index (χ1) is 16.0. The van der Waals surface area contributed by atoms with Crippen LogP contribution in [0.5, 0.6) is 0 Å². The molecule has 0 unspecified atom stereocenters. The van der Waals surface area contributed by atoms with Crippen molar-refractivity contribution in [3.63, 3.8) is 0 Å². The third-order valence-electron chi connectivity index (χ3n) is 6.62. The van der Waals surface area contributed by atoms with E-state index in [0.717, 1.165) is 19.5 Å². The van der Waals surface area contributed by atoms with Crippen LogP contribution >= 0.6 is 11.3 Å². The Balaban J connectivity index is 1.60. The summed E-state index contributed by atoms with van der Waals surface area (Å²) in [6.07, 6.45) is 5.93. The van der Waals surface area contributed by atoms with E-state index in [1.54, 1.807) is 0 Å². The molecule has 4 aromatic rings. The summed E-state index contributed by atoms with van der Waals surface area (Å²) < 4.78 is 6.86. The van der Waals surface area contributed by atoms with E-state index in [1.807, 2.05) is 11.3 Å². The van der Waals surface area contributed by atoms with Crippen molar-refractivity contribution in [2.24, 2.45) is 0 Å². The Labute approximate surface area is 207 Å². The number of aromatic nitrogens is 1. The molecule has 1 aromatic heterocycles. The Morgan fingerprint density at radius 1 is 1.03 bits per heavy atom. The molecule has 0 N–H and O–H groups in total. The maximum atomic E-state index is 2.53. The Kier molecular flexibility index (Phi) is 6.18. The molecule has 33 heavy (non-hydrogen) atoms. The third kappa shape index (κ3) is 3.95. The SMILES string of the molecule is CCC(=Cc1sc2ccc3ccccc3c2[n+]1CC)C=C1[Se]c2cc(C)c(C)cc2N1CC. The standard InChI is InChI=1S/C29H31N2SSe/c1-6-21(18-28-30(7-2)24-15-19(4)20(5)16-26(24)33-28)17-27-31(8-3)29-23-12-10-9-11-22(23)13-14-25(29)32-27/h9-18H,6-8H2,1-5H3/q+1. The first-order valence-electron chi connectivity index (χ1n) is 11.9. The molecule has 168 valence electrons. The van der Waals surface area contributed by atoms with E-state index in [-0.39, 0.29) is 0 Å². The number of fused-ring (bicyclic) bond motifs is 4. The predicted molar refractivity (Wildman–Crippen MR) is 146 cm³/mol.